The summed E-state index contributed by atoms with van der Waals surface area (Å²) < 4.78 is 22.1. The average Bonchev–Trinajstić information content (AvgIpc) is 3.09. The number of para-hydroxylation sites is 1. The van der Waals surface area contributed by atoms with E-state index in [2.05, 4.69) is 0 Å². The van der Waals surface area contributed by atoms with Crippen LogP contribution in [-0.4, -0.2) is 54.2 Å². The van der Waals surface area contributed by atoms with E-state index in [9.17, 15) is 24.5 Å². The van der Waals surface area contributed by atoms with Crippen LogP contribution in [0.25, 0.3) is 0 Å². The van der Waals surface area contributed by atoms with Gasteiger partial charge in [-0.05, 0) is 51.1 Å². The molecule has 42 heavy (non-hydrogen) atoms. The van der Waals surface area contributed by atoms with Gasteiger partial charge in [-0.1, -0.05) is 18.2 Å². The number of methoxy groups -OCH3 is 2. The summed E-state index contributed by atoms with van der Waals surface area (Å²) in [4.78, 5) is 54.4. The van der Waals surface area contributed by atoms with Crippen LogP contribution in [0.1, 0.15) is 37.9 Å². The predicted octanol–water partition coefficient (Wildman–Crippen LogP) is 5.04. The molecule has 0 spiro atoms. The number of hydrogen-bond donors (Lipinski definition) is 0. The maximum Gasteiger partial charge on any atom is 0.421 e. The fourth-order valence-corrected chi connectivity index (χ4v) is 4.46. The van der Waals surface area contributed by atoms with Gasteiger partial charge in [0.2, 0.25) is 0 Å². The first kappa shape index (κ1) is 29.8. The first-order valence-corrected chi connectivity index (χ1v) is 13.0. The van der Waals surface area contributed by atoms with Gasteiger partial charge in [0, 0.05) is 29.3 Å². The Hall–Kier alpha value is -5.13. The van der Waals surface area contributed by atoms with Crippen LogP contribution in [0, 0.1) is 10.1 Å². The normalized spacial score (nSPS) is 14.6. The second-order valence-electron chi connectivity index (χ2n) is 10.4. The Kier molecular flexibility index (Phi) is 8.65. The van der Waals surface area contributed by atoms with Crippen molar-refractivity contribution in [1.82, 2.24) is 4.90 Å². The maximum atomic E-state index is 14.6. The Morgan fingerprint density at radius 1 is 1.05 bits per heavy atom. The minimum atomic E-state index is -1.34. The highest BCUT2D eigenvalue weighted by atomic mass is 16.6. The fourth-order valence-electron chi connectivity index (χ4n) is 4.46. The van der Waals surface area contributed by atoms with Crippen LogP contribution in [0.5, 0.6) is 17.2 Å². The smallest absolute Gasteiger partial charge is 0.421 e. The number of nitro benzene ring substituents is 1. The van der Waals surface area contributed by atoms with E-state index >= 15 is 0 Å². The number of nitrogens with zero attached hydrogens (tertiary/aromatic N) is 3. The highest BCUT2D eigenvalue weighted by molar-refractivity contribution is 6.15. The predicted molar refractivity (Wildman–Crippen MR) is 152 cm³/mol. The Balaban J connectivity index is 1.86. The number of benzene rings is 3. The van der Waals surface area contributed by atoms with Crippen LogP contribution in [0.3, 0.4) is 0 Å². The average molecular weight is 578 g/mol. The summed E-state index contributed by atoms with van der Waals surface area (Å²) in [7, 11) is 2.99. The molecule has 12 heteroatoms. The number of carbonyl (C=O) groups is 3. The number of rotatable bonds is 7. The number of fused-ring (bicyclic) bond motifs is 1. The summed E-state index contributed by atoms with van der Waals surface area (Å²) in [5, 5.41) is 11.3. The third-order valence-electron chi connectivity index (χ3n) is 6.38. The lowest BCUT2D eigenvalue weighted by atomic mass is 10.0. The molecule has 0 N–H and O–H groups in total. The van der Waals surface area contributed by atoms with Crippen molar-refractivity contribution in [1.29, 1.82) is 0 Å². The van der Waals surface area contributed by atoms with Gasteiger partial charge in [-0.3, -0.25) is 19.7 Å². The number of imide groups is 1. The Morgan fingerprint density at radius 3 is 2.36 bits per heavy atom. The fraction of sp³-hybridized carbons (Fsp3) is 0.300. The number of ether oxygens (including phenoxy) is 4. The molecule has 3 amide bonds. The SMILES string of the molecule is COc1ccc(CN2C(=O)COc3ccccc3C2C(=O)N(C(=O)OC(C)(C)C)c2ccc([N+](=O)[O-])cc2)c(OC)c1. The Morgan fingerprint density at radius 2 is 1.74 bits per heavy atom. The van der Waals surface area contributed by atoms with Gasteiger partial charge in [-0.15, -0.1) is 0 Å². The molecule has 0 bridgehead atoms. The topological polar surface area (TPSA) is 138 Å². The molecule has 0 radical (unpaired) electrons. The van der Waals surface area contributed by atoms with Gasteiger partial charge in [0.1, 0.15) is 28.9 Å². The molecule has 1 aliphatic heterocycles. The van der Waals surface area contributed by atoms with Crippen molar-refractivity contribution in [2.24, 2.45) is 0 Å². The maximum absolute atomic E-state index is 14.6. The van der Waals surface area contributed by atoms with E-state index in [1.165, 1.54) is 43.4 Å². The Labute approximate surface area is 242 Å². The summed E-state index contributed by atoms with van der Waals surface area (Å²) in [6.07, 6.45) is -1.02. The molecule has 1 atom stereocenters. The Bertz CT molecular complexity index is 1500. The van der Waals surface area contributed by atoms with Gasteiger partial charge in [0.15, 0.2) is 6.61 Å². The number of non-ortho nitro benzene ring substituents is 1. The number of hydrogen-bond acceptors (Lipinski definition) is 9. The number of carbonyl (C=O) groups excluding carboxylic acids is 3. The van der Waals surface area contributed by atoms with Gasteiger partial charge in [0.25, 0.3) is 17.5 Å². The van der Waals surface area contributed by atoms with Crippen molar-refractivity contribution >= 4 is 29.3 Å². The molecule has 4 rings (SSSR count). The van der Waals surface area contributed by atoms with Crippen molar-refractivity contribution in [2.45, 2.75) is 39.0 Å². The highest BCUT2D eigenvalue weighted by Crippen LogP contribution is 2.38. The zero-order chi connectivity index (χ0) is 30.6. The lowest BCUT2D eigenvalue weighted by Gasteiger charge is -2.34. The molecule has 0 aromatic heterocycles. The monoisotopic (exact) mass is 577 g/mol. The van der Waals surface area contributed by atoms with Crippen LogP contribution in [-0.2, 0) is 20.9 Å². The molecule has 1 unspecified atom stereocenters. The van der Waals surface area contributed by atoms with Gasteiger partial charge in [0.05, 0.1) is 31.4 Å². The first-order chi connectivity index (χ1) is 19.9. The second kappa shape index (κ2) is 12.2. The lowest BCUT2D eigenvalue weighted by molar-refractivity contribution is -0.384. The van der Waals surface area contributed by atoms with Crippen LogP contribution < -0.4 is 19.1 Å². The minimum absolute atomic E-state index is 0.0249. The molecular weight excluding hydrogens is 546 g/mol. The van der Waals surface area contributed by atoms with Crippen LogP contribution in [0.4, 0.5) is 16.2 Å². The molecule has 12 nitrogen and oxygen atoms in total. The first-order valence-electron chi connectivity index (χ1n) is 13.0. The van der Waals surface area contributed by atoms with Crippen molar-refractivity contribution in [3.8, 4) is 17.2 Å². The number of nitro groups is 1. The quantitative estimate of drug-likeness (QED) is 0.279. The lowest BCUT2D eigenvalue weighted by Crippen LogP contribution is -2.49. The van der Waals surface area contributed by atoms with Crippen LogP contribution in [0.2, 0.25) is 0 Å². The third-order valence-corrected chi connectivity index (χ3v) is 6.38. The summed E-state index contributed by atoms with van der Waals surface area (Å²) >= 11 is 0. The van der Waals surface area contributed by atoms with E-state index in [4.69, 9.17) is 18.9 Å². The molecule has 3 aromatic carbocycles. The molecule has 0 saturated heterocycles. The molecule has 0 aliphatic carbocycles. The summed E-state index contributed by atoms with van der Waals surface area (Å²) in [5.74, 6) is -0.0899. The van der Waals surface area contributed by atoms with Gasteiger partial charge >= 0.3 is 6.09 Å². The van der Waals surface area contributed by atoms with Crippen LogP contribution in [0.15, 0.2) is 66.7 Å². The highest BCUT2D eigenvalue weighted by Gasteiger charge is 2.42. The molecular formula is C30H31N3O9. The summed E-state index contributed by atoms with van der Waals surface area (Å²) in [6, 6.07) is 15.3. The number of anilines is 1. The zero-order valence-corrected chi connectivity index (χ0v) is 23.9. The van der Waals surface area contributed by atoms with E-state index < -0.39 is 34.5 Å². The minimum Gasteiger partial charge on any atom is -0.497 e. The molecule has 0 fully saturated rings. The zero-order valence-electron chi connectivity index (χ0n) is 23.9. The molecule has 1 aliphatic rings. The van der Waals surface area contributed by atoms with E-state index in [-0.39, 0.29) is 24.5 Å². The molecule has 1 heterocycles. The van der Waals surface area contributed by atoms with Crippen molar-refractivity contribution in [2.75, 3.05) is 25.7 Å². The summed E-state index contributed by atoms with van der Waals surface area (Å²) in [5.41, 5.74) is -0.268. The van der Waals surface area contributed by atoms with Crippen molar-refractivity contribution < 1.29 is 38.3 Å². The van der Waals surface area contributed by atoms with Gasteiger partial charge in [-0.2, -0.15) is 0 Å². The van der Waals surface area contributed by atoms with Crippen molar-refractivity contribution in [3.05, 3.63) is 88.0 Å². The molecule has 3 aromatic rings. The van der Waals surface area contributed by atoms with Gasteiger partial charge < -0.3 is 23.8 Å². The van der Waals surface area contributed by atoms with Gasteiger partial charge in [-0.25, -0.2) is 9.69 Å². The summed E-state index contributed by atoms with van der Waals surface area (Å²) in [6.45, 7) is 4.49. The van der Waals surface area contributed by atoms with E-state index in [1.807, 2.05) is 0 Å². The van der Waals surface area contributed by atoms with E-state index in [0.29, 0.717) is 28.4 Å². The molecule has 0 saturated carbocycles. The third kappa shape index (κ3) is 6.43. The second-order valence-corrected chi connectivity index (χ2v) is 10.4. The number of amides is 3. The van der Waals surface area contributed by atoms with Crippen LogP contribution >= 0.6 is 0 Å². The standard InChI is InChI=1S/C30H31N3O9/c1-30(2,3)42-29(36)32(20-11-13-21(14-12-20)33(37)38)28(35)27-23-8-6-7-9-24(23)41-18-26(34)31(27)17-19-10-15-22(39-4)16-25(19)40-5/h6-16,27H,17-18H2,1-5H3. The molecule has 220 valence electrons. The van der Waals surface area contributed by atoms with E-state index in [1.54, 1.807) is 63.2 Å². The van der Waals surface area contributed by atoms with E-state index in [0.717, 1.165) is 4.90 Å². The largest absolute Gasteiger partial charge is 0.497 e. The van der Waals surface area contributed by atoms with Crippen molar-refractivity contribution in [3.63, 3.8) is 0 Å².